The zero-order chi connectivity index (χ0) is 17.7. The van der Waals surface area contributed by atoms with Crippen molar-refractivity contribution in [3.63, 3.8) is 0 Å². The molecule has 24 heavy (non-hydrogen) atoms. The van der Waals surface area contributed by atoms with E-state index in [0.717, 1.165) is 10.4 Å². The summed E-state index contributed by atoms with van der Waals surface area (Å²) in [5.41, 5.74) is 0.823. The second-order valence-corrected chi connectivity index (χ2v) is 7.28. The highest BCUT2D eigenvalue weighted by Gasteiger charge is 2.20. The van der Waals surface area contributed by atoms with Gasteiger partial charge in [0.25, 0.3) is 0 Å². The topological polar surface area (TPSA) is 49.4 Å². The number of thiophene rings is 1. The minimum atomic E-state index is -0.321. The largest absolute Gasteiger partial charge is 0.348 e. The van der Waals surface area contributed by atoms with Crippen molar-refractivity contribution in [3.05, 3.63) is 56.2 Å². The van der Waals surface area contributed by atoms with Crippen LogP contribution in [0.1, 0.15) is 29.8 Å². The van der Waals surface area contributed by atoms with Crippen LogP contribution in [-0.4, -0.2) is 23.8 Å². The Morgan fingerprint density at radius 1 is 1.29 bits per heavy atom. The third-order valence-electron chi connectivity index (χ3n) is 3.49. The number of hydrogen-bond donors (Lipinski definition) is 1. The molecule has 1 N–H and O–H groups in total. The molecule has 0 radical (unpaired) electrons. The highest BCUT2D eigenvalue weighted by molar-refractivity contribution is 7.10. The maximum atomic E-state index is 12.5. The summed E-state index contributed by atoms with van der Waals surface area (Å²) < 4.78 is 0. The number of nitrogens with zero attached hydrogens (tertiary/aromatic N) is 1. The van der Waals surface area contributed by atoms with E-state index in [4.69, 9.17) is 23.2 Å². The van der Waals surface area contributed by atoms with E-state index >= 15 is 0 Å². The van der Waals surface area contributed by atoms with Gasteiger partial charge in [0.15, 0.2) is 0 Å². The van der Waals surface area contributed by atoms with Gasteiger partial charge in [0.2, 0.25) is 11.8 Å². The monoisotopic (exact) mass is 384 g/mol. The van der Waals surface area contributed by atoms with E-state index in [0.29, 0.717) is 16.6 Å². The lowest BCUT2D eigenvalue weighted by atomic mass is 10.1. The quantitative estimate of drug-likeness (QED) is 0.807. The van der Waals surface area contributed by atoms with Crippen molar-refractivity contribution in [1.82, 2.24) is 10.2 Å². The number of nitrogens with one attached hydrogen (secondary N) is 1. The van der Waals surface area contributed by atoms with E-state index in [1.807, 2.05) is 17.5 Å². The molecule has 1 aromatic carbocycles. The van der Waals surface area contributed by atoms with Crippen LogP contribution < -0.4 is 5.32 Å². The fourth-order valence-electron chi connectivity index (χ4n) is 2.28. The van der Waals surface area contributed by atoms with E-state index in [2.05, 4.69) is 5.32 Å². The zero-order valence-electron chi connectivity index (χ0n) is 13.4. The predicted octanol–water partition coefficient (Wildman–Crippen LogP) is 4.28. The molecular weight excluding hydrogens is 367 g/mol. The standard InChI is InChI=1S/C17H18Cl2N2O2S/c1-11(22)20-15(16-4-3-7-24-16)9-17(23)21(2)10-12-5-6-13(18)8-14(12)19/h3-8,15H,9-10H2,1-2H3,(H,20,22)/t15-/m0/s1. The van der Waals surface area contributed by atoms with Crippen molar-refractivity contribution in [1.29, 1.82) is 0 Å². The van der Waals surface area contributed by atoms with Gasteiger partial charge in [-0.3, -0.25) is 9.59 Å². The Bertz CT molecular complexity index is 719. The van der Waals surface area contributed by atoms with Gasteiger partial charge in [0.1, 0.15) is 0 Å². The number of amides is 2. The first-order valence-corrected chi connectivity index (χ1v) is 8.98. The molecule has 4 nitrogen and oxygen atoms in total. The lowest BCUT2D eigenvalue weighted by molar-refractivity contribution is -0.131. The minimum Gasteiger partial charge on any atom is -0.348 e. The lowest BCUT2D eigenvalue weighted by Gasteiger charge is -2.22. The average Bonchev–Trinajstić information content (AvgIpc) is 3.03. The summed E-state index contributed by atoms with van der Waals surface area (Å²) in [6.45, 7) is 1.83. The summed E-state index contributed by atoms with van der Waals surface area (Å²) in [6.07, 6.45) is 0.196. The second-order valence-electron chi connectivity index (χ2n) is 5.46. The second kappa shape index (κ2) is 8.51. The summed E-state index contributed by atoms with van der Waals surface area (Å²) >= 11 is 13.6. The number of hydrogen-bond acceptors (Lipinski definition) is 3. The molecule has 0 bridgehead atoms. The Morgan fingerprint density at radius 2 is 2.04 bits per heavy atom. The van der Waals surface area contributed by atoms with Gasteiger partial charge < -0.3 is 10.2 Å². The number of halogens is 2. The van der Waals surface area contributed by atoms with Gasteiger partial charge in [-0.15, -0.1) is 11.3 Å². The van der Waals surface area contributed by atoms with Crippen LogP contribution in [0.15, 0.2) is 35.7 Å². The molecule has 2 rings (SSSR count). The summed E-state index contributed by atoms with van der Waals surface area (Å²) in [5, 5.41) is 5.84. The van der Waals surface area contributed by atoms with E-state index in [9.17, 15) is 9.59 Å². The normalized spacial score (nSPS) is 11.8. The van der Waals surface area contributed by atoms with Crippen LogP contribution in [0.2, 0.25) is 10.0 Å². The molecule has 128 valence electrons. The van der Waals surface area contributed by atoms with Gasteiger partial charge in [0.05, 0.1) is 12.5 Å². The third kappa shape index (κ3) is 5.23. The molecular formula is C17H18Cl2N2O2S. The van der Waals surface area contributed by atoms with Gasteiger partial charge in [-0.2, -0.15) is 0 Å². The van der Waals surface area contributed by atoms with Crippen LogP contribution >= 0.6 is 34.5 Å². The van der Waals surface area contributed by atoms with E-state index in [-0.39, 0.29) is 24.3 Å². The van der Waals surface area contributed by atoms with Gasteiger partial charge in [-0.05, 0) is 29.1 Å². The predicted molar refractivity (Wildman–Crippen MR) is 98.4 cm³/mol. The van der Waals surface area contributed by atoms with Crippen LogP contribution in [-0.2, 0) is 16.1 Å². The van der Waals surface area contributed by atoms with Gasteiger partial charge in [-0.25, -0.2) is 0 Å². The van der Waals surface area contributed by atoms with Gasteiger partial charge in [-0.1, -0.05) is 35.3 Å². The van der Waals surface area contributed by atoms with Gasteiger partial charge in [0, 0.05) is 35.4 Å². The SMILES string of the molecule is CC(=O)N[C@@H](CC(=O)N(C)Cc1ccc(Cl)cc1Cl)c1cccs1. The fourth-order valence-corrected chi connectivity index (χ4v) is 3.53. The van der Waals surface area contributed by atoms with Crippen molar-refractivity contribution in [2.24, 2.45) is 0 Å². The van der Waals surface area contributed by atoms with Crippen molar-refractivity contribution in [2.75, 3.05) is 7.05 Å². The number of benzene rings is 1. The Balaban J connectivity index is 2.04. The average molecular weight is 385 g/mol. The summed E-state index contributed by atoms with van der Waals surface area (Å²) in [4.78, 5) is 26.5. The lowest BCUT2D eigenvalue weighted by Crippen LogP contribution is -2.33. The molecule has 1 heterocycles. The van der Waals surface area contributed by atoms with E-state index < -0.39 is 0 Å². The first-order chi connectivity index (χ1) is 11.4. The van der Waals surface area contributed by atoms with Crippen LogP contribution in [0.3, 0.4) is 0 Å². The first kappa shape index (κ1) is 18.8. The molecule has 0 aliphatic heterocycles. The Hall–Kier alpha value is -1.56. The molecule has 0 saturated heterocycles. The molecule has 0 unspecified atom stereocenters. The van der Waals surface area contributed by atoms with Crippen LogP contribution in [0.25, 0.3) is 0 Å². The van der Waals surface area contributed by atoms with Crippen molar-refractivity contribution in [2.45, 2.75) is 25.9 Å². The molecule has 2 amide bonds. The Labute approximate surface area is 155 Å². The molecule has 0 aliphatic rings. The minimum absolute atomic E-state index is 0.0758. The van der Waals surface area contributed by atoms with Crippen LogP contribution in [0, 0.1) is 0 Å². The molecule has 1 aromatic heterocycles. The molecule has 7 heteroatoms. The smallest absolute Gasteiger partial charge is 0.225 e. The van der Waals surface area contributed by atoms with Crippen molar-refractivity contribution < 1.29 is 9.59 Å². The number of carbonyl (C=O) groups excluding carboxylic acids is 2. The maximum absolute atomic E-state index is 12.5. The third-order valence-corrected chi connectivity index (χ3v) is 5.06. The Kier molecular flexibility index (Phi) is 6.66. The van der Waals surface area contributed by atoms with Gasteiger partial charge >= 0.3 is 0 Å². The van der Waals surface area contributed by atoms with Crippen LogP contribution in [0.5, 0.6) is 0 Å². The van der Waals surface area contributed by atoms with E-state index in [1.165, 1.54) is 18.3 Å². The molecule has 2 aromatic rings. The molecule has 0 spiro atoms. The van der Waals surface area contributed by atoms with Crippen molar-refractivity contribution in [3.8, 4) is 0 Å². The Morgan fingerprint density at radius 3 is 2.62 bits per heavy atom. The van der Waals surface area contributed by atoms with E-state index in [1.54, 1.807) is 30.1 Å². The molecule has 0 saturated carbocycles. The maximum Gasteiger partial charge on any atom is 0.225 e. The highest BCUT2D eigenvalue weighted by Crippen LogP contribution is 2.25. The molecule has 1 atom stereocenters. The summed E-state index contributed by atoms with van der Waals surface area (Å²) in [7, 11) is 1.71. The van der Waals surface area contributed by atoms with Crippen LogP contribution in [0.4, 0.5) is 0 Å². The molecule has 0 aliphatic carbocycles. The number of rotatable bonds is 6. The highest BCUT2D eigenvalue weighted by atomic mass is 35.5. The first-order valence-electron chi connectivity index (χ1n) is 7.35. The number of carbonyl (C=O) groups is 2. The zero-order valence-corrected chi connectivity index (χ0v) is 15.7. The fraction of sp³-hybridized carbons (Fsp3) is 0.294. The summed E-state index contributed by atoms with van der Waals surface area (Å²) in [5.74, 6) is -0.238. The van der Waals surface area contributed by atoms with Crippen molar-refractivity contribution >= 4 is 46.4 Å². The summed E-state index contributed by atoms with van der Waals surface area (Å²) in [6, 6.07) is 8.69. The molecule has 0 fully saturated rings.